The van der Waals surface area contributed by atoms with E-state index in [0.717, 1.165) is 0 Å². The smallest absolute Gasteiger partial charge is 0.336 e. The Labute approximate surface area is 97.4 Å². The molecule has 4 nitrogen and oxygen atoms in total. The highest BCUT2D eigenvalue weighted by Gasteiger charge is 2.14. The molecule has 0 fully saturated rings. The summed E-state index contributed by atoms with van der Waals surface area (Å²) in [5.74, 6) is -1.18. The Bertz CT molecular complexity index is 575. The van der Waals surface area contributed by atoms with Crippen LogP contribution in [0.3, 0.4) is 0 Å². The molecule has 0 saturated carbocycles. The molecular formula is C13H10O4. The first-order chi connectivity index (χ1) is 8.09. The number of hydrogen-bond acceptors (Lipinski definition) is 3. The van der Waals surface area contributed by atoms with Crippen LogP contribution in [-0.4, -0.2) is 21.3 Å². The fourth-order valence-electron chi connectivity index (χ4n) is 1.64. The van der Waals surface area contributed by atoms with E-state index in [0.29, 0.717) is 11.1 Å². The summed E-state index contributed by atoms with van der Waals surface area (Å²) >= 11 is 0. The minimum Gasteiger partial charge on any atom is -0.508 e. The first kappa shape index (κ1) is 11.0. The maximum absolute atomic E-state index is 11.0. The third-order valence-electron chi connectivity index (χ3n) is 2.43. The lowest BCUT2D eigenvalue weighted by Gasteiger charge is -2.08. The molecule has 3 N–H and O–H groups in total. The number of phenolic OH excluding ortho intramolecular Hbond substituents is 2. The fourth-order valence-corrected chi connectivity index (χ4v) is 1.64. The molecule has 0 amide bonds. The second-order valence-electron chi connectivity index (χ2n) is 3.55. The largest absolute Gasteiger partial charge is 0.508 e. The molecule has 2 rings (SSSR count). The lowest BCUT2D eigenvalue weighted by atomic mass is 9.99. The SMILES string of the molecule is O=C(O)c1ccccc1-c1cc(O)ccc1O. The molecule has 0 aromatic heterocycles. The van der Waals surface area contributed by atoms with Crippen molar-refractivity contribution in [1.82, 2.24) is 0 Å². The summed E-state index contributed by atoms with van der Waals surface area (Å²) in [5.41, 5.74) is 0.741. The molecule has 0 aliphatic carbocycles. The number of rotatable bonds is 2. The summed E-state index contributed by atoms with van der Waals surface area (Å²) < 4.78 is 0. The van der Waals surface area contributed by atoms with Crippen molar-refractivity contribution < 1.29 is 20.1 Å². The van der Waals surface area contributed by atoms with Crippen molar-refractivity contribution in [3.63, 3.8) is 0 Å². The summed E-state index contributed by atoms with van der Waals surface area (Å²) in [7, 11) is 0. The quantitative estimate of drug-likeness (QED) is 0.692. The Morgan fingerprint density at radius 2 is 1.65 bits per heavy atom. The van der Waals surface area contributed by atoms with E-state index in [1.807, 2.05) is 0 Å². The Hall–Kier alpha value is -2.49. The lowest BCUT2D eigenvalue weighted by molar-refractivity contribution is 0.0697. The summed E-state index contributed by atoms with van der Waals surface area (Å²) in [6.45, 7) is 0. The summed E-state index contributed by atoms with van der Waals surface area (Å²) in [4.78, 5) is 11.0. The Morgan fingerprint density at radius 1 is 0.941 bits per heavy atom. The third-order valence-corrected chi connectivity index (χ3v) is 2.43. The van der Waals surface area contributed by atoms with Crippen LogP contribution in [0.25, 0.3) is 11.1 Å². The van der Waals surface area contributed by atoms with E-state index in [4.69, 9.17) is 5.11 Å². The van der Waals surface area contributed by atoms with Gasteiger partial charge in [-0.05, 0) is 29.8 Å². The van der Waals surface area contributed by atoms with Gasteiger partial charge in [0.25, 0.3) is 0 Å². The van der Waals surface area contributed by atoms with Gasteiger partial charge in [0.2, 0.25) is 0 Å². The Balaban J connectivity index is 2.68. The van der Waals surface area contributed by atoms with Crippen molar-refractivity contribution in [2.24, 2.45) is 0 Å². The molecule has 0 radical (unpaired) electrons. The van der Waals surface area contributed by atoms with Crippen LogP contribution in [0.15, 0.2) is 42.5 Å². The van der Waals surface area contributed by atoms with Crippen molar-refractivity contribution >= 4 is 5.97 Å². The maximum Gasteiger partial charge on any atom is 0.336 e. The zero-order valence-electron chi connectivity index (χ0n) is 8.79. The van der Waals surface area contributed by atoms with Gasteiger partial charge in [0.1, 0.15) is 11.5 Å². The van der Waals surface area contributed by atoms with Crippen LogP contribution in [0.5, 0.6) is 11.5 Å². The van der Waals surface area contributed by atoms with Crippen LogP contribution >= 0.6 is 0 Å². The predicted octanol–water partition coefficient (Wildman–Crippen LogP) is 2.46. The van der Waals surface area contributed by atoms with Crippen LogP contribution in [0, 0.1) is 0 Å². The highest BCUT2D eigenvalue weighted by atomic mass is 16.4. The number of carboxylic acid groups (broad SMARTS) is 1. The van der Waals surface area contributed by atoms with Gasteiger partial charge in [0, 0.05) is 5.56 Å². The van der Waals surface area contributed by atoms with Gasteiger partial charge in [-0.25, -0.2) is 4.79 Å². The topological polar surface area (TPSA) is 77.8 Å². The van der Waals surface area contributed by atoms with E-state index in [-0.39, 0.29) is 17.1 Å². The van der Waals surface area contributed by atoms with Gasteiger partial charge in [-0.2, -0.15) is 0 Å². The normalized spacial score (nSPS) is 10.1. The van der Waals surface area contributed by atoms with Crippen molar-refractivity contribution in [1.29, 1.82) is 0 Å². The minimum atomic E-state index is -1.08. The van der Waals surface area contributed by atoms with Crippen molar-refractivity contribution in [2.75, 3.05) is 0 Å². The van der Waals surface area contributed by atoms with Crippen LogP contribution in [0.1, 0.15) is 10.4 Å². The molecule has 0 atom stereocenters. The Morgan fingerprint density at radius 3 is 2.35 bits per heavy atom. The van der Waals surface area contributed by atoms with Crippen molar-refractivity contribution in [3.8, 4) is 22.6 Å². The van der Waals surface area contributed by atoms with E-state index >= 15 is 0 Å². The number of benzene rings is 2. The molecule has 0 saturated heterocycles. The average Bonchev–Trinajstić information content (AvgIpc) is 2.32. The summed E-state index contributed by atoms with van der Waals surface area (Å²) in [6, 6.07) is 10.3. The third kappa shape index (κ3) is 2.06. The second-order valence-corrected chi connectivity index (χ2v) is 3.55. The second kappa shape index (κ2) is 4.17. The molecule has 17 heavy (non-hydrogen) atoms. The minimum absolute atomic E-state index is 0.0296. The number of aromatic hydroxyl groups is 2. The van der Waals surface area contributed by atoms with E-state index < -0.39 is 5.97 Å². The highest BCUT2D eigenvalue weighted by Crippen LogP contribution is 2.34. The number of carboxylic acids is 1. The van der Waals surface area contributed by atoms with Gasteiger partial charge in [-0.15, -0.1) is 0 Å². The molecule has 2 aromatic rings. The van der Waals surface area contributed by atoms with Crippen molar-refractivity contribution in [2.45, 2.75) is 0 Å². The van der Waals surface area contributed by atoms with Crippen LogP contribution < -0.4 is 0 Å². The van der Waals surface area contributed by atoms with Gasteiger partial charge in [0.05, 0.1) is 5.56 Å². The van der Waals surface area contributed by atoms with E-state index in [9.17, 15) is 15.0 Å². The molecule has 0 spiro atoms. The van der Waals surface area contributed by atoms with Crippen LogP contribution in [0.2, 0.25) is 0 Å². The van der Waals surface area contributed by atoms with Gasteiger partial charge in [-0.1, -0.05) is 18.2 Å². The number of phenols is 2. The van der Waals surface area contributed by atoms with Crippen LogP contribution in [-0.2, 0) is 0 Å². The zero-order chi connectivity index (χ0) is 12.4. The van der Waals surface area contributed by atoms with E-state index in [2.05, 4.69) is 0 Å². The lowest BCUT2D eigenvalue weighted by Crippen LogP contribution is -1.99. The monoisotopic (exact) mass is 230 g/mol. The standard InChI is InChI=1S/C13H10O4/c14-8-5-6-12(15)11(7-8)9-3-1-2-4-10(9)13(16)17/h1-7,14-15H,(H,16,17). The summed E-state index contributed by atoms with van der Waals surface area (Å²) in [5, 5.41) is 28.1. The van der Waals surface area contributed by atoms with E-state index in [1.54, 1.807) is 18.2 Å². The summed E-state index contributed by atoms with van der Waals surface area (Å²) in [6.07, 6.45) is 0. The first-order valence-corrected chi connectivity index (χ1v) is 4.94. The molecule has 4 heteroatoms. The molecule has 2 aromatic carbocycles. The van der Waals surface area contributed by atoms with Gasteiger partial charge in [0.15, 0.2) is 0 Å². The molecule has 0 unspecified atom stereocenters. The van der Waals surface area contributed by atoms with Gasteiger partial charge < -0.3 is 15.3 Å². The average molecular weight is 230 g/mol. The predicted molar refractivity (Wildman–Crippen MR) is 62.2 cm³/mol. The number of aromatic carboxylic acids is 1. The number of hydrogen-bond donors (Lipinski definition) is 3. The molecular weight excluding hydrogens is 220 g/mol. The zero-order valence-corrected chi connectivity index (χ0v) is 8.79. The number of carbonyl (C=O) groups is 1. The molecule has 0 heterocycles. The van der Waals surface area contributed by atoms with Crippen molar-refractivity contribution in [3.05, 3.63) is 48.0 Å². The van der Waals surface area contributed by atoms with E-state index in [1.165, 1.54) is 24.3 Å². The molecule has 0 aliphatic rings. The highest BCUT2D eigenvalue weighted by molar-refractivity contribution is 5.97. The molecule has 0 bridgehead atoms. The molecule has 0 aliphatic heterocycles. The Kier molecular flexibility index (Phi) is 2.70. The van der Waals surface area contributed by atoms with Gasteiger partial charge >= 0.3 is 5.97 Å². The first-order valence-electron chi connectivity index (χ1n) is 4.94. The maximum atomic E-state index is 11.0. The van der Waals surface area contributed by atoms with Gasteiger partial charge in [-0.3, -0.25) is 0 Å². The fraction of sp³-hybridized carbons (Fsp3) is 0. The van der Waals surface area contributed by atoms with Crippen LogP contribution in [0.4, 0.5) is 0 Å². The molecule has 86 valence electrons.